The Hall–Kier alpha value is -4.44. The number of esters is 1. The Bertz CT molecular complexity index is 1700. The molecule has 2 atom stereocenters. The van der Waals surface area contributed by atoms with Gasteiger partial charge in [0.15, 0.2) is 5.60 Å². The molecule has 3 aromatic rings. The Morgan fingerprint density at radius 2 is 1.89 bits per heavy atom. The topological polar surface area (TPSA) is 114 Å². The fourth-order valence-corrected chi connectivity index (χ4v) is 6.82. The maximum atomic E-state index is 15.3. The number of rotatable bonds is 3. The quantitative estimate of drug-likeness (QED) is 0.317. The summed E-state index contributed by atoms with van der Waals surface area (Å²) in [6.45, 7) is 0.591. The number of likely N-dealkylation sites (tertiary alicyclic amines) is 1. The number of amides is 3. The van der Waals surface area contributed by atoms with Crippen LogP contribution in [0.3, 0.4) is 0 Å². The number of hydrogen-bond acceptors (Lipinski definition) is 6. The molecule has 0 radical (unpaired) electrons. The summed E-state index contributed by atoms with van der Waals surface area (Å²) in [6.07, 6.45) is 2.26. The highest BCUT2D eigenvalue weighted by atomic mass is 35.5. The summed E-state index contributed by atoms with van der Waals surface area (Å²) in [4.78, 5) is 53.5. The van der Waals surface area contributed by atoms with E-state index < -0.39 is 29.4 Å². The Labute approximate surface area is 265 Å². The monoisotopic (exact) mass is 633 g/mol. The molecule has 1 spiro atoms. The van der Waals surface area contributed by atoms with Gasteiger partial charge in [-0.1, -0.05) is 36.2 Å². The zero-order valence-corrected chi connectivity index (χ0v) is 25.5. The fraction of sp³-hybridized carbons (Fsp3) is 0.353. The minimum absolute atomic E-state index is 0.0179. The molecule has 0 aliphatic carbocycles. The van der Waals surface area contributed by atoms with Crippen molar-refractivity contribution in [3.63, 3.8) is 0 Å². The van der Waals surface area contributed by atoms with E-state index in [1.54, 1.807) is 47.4 Å². The molecule has 6 rings (SSSR count). The Kier molecular flexibility index (Phi) is 8.50. The predicted octanol–water partition coefficient (Wildman–Crippen LogP) is 6.54. The number of halogens is 2. The van der Waals surface area contributed by atoms with Crippen LogP contribution in [-0.2, 0) is 35.9 Å². The maximum Gasteiger partial charge on any atom is 0.412 e. The van der Waals surface area contributed by atoms with Crippen molar-refractivity contribution in [1.82, 2.24) is 4.90 Å². The van der Waals surface area contributed by atoms with Gasteiger partial charge in [0.2, 0.25) is 11.8 Å². The number of piperidine rings is 1. The first-order valence-electron chi connectivity index (χ1n) is 15.0. The smallest absolute Gasteiger partial charge is 0.412 e. The number of nitrogens with zero attached hydrogens (tertiary/aromatic N) is 1. The molecule has 3 heterocycles. The lowest BCUT2D eigenvalue weighted by Crippen LogP contribution is -2.54. The summed E-state index contributed by atoms with van der Waals surface area (Å²) >= 11 is 6.33. The SMILES string of the molecule is COC(=O)Cc1ccc2c(c1)NC(=O)CCCCC(C(=O)N1CCC[C@@]3(C1)OC(=O)Nc1ccc(Cl)cc13)c1cc(F)cc-2c1. The molecule has 1 fully saturated rings. The van der Waals surface area contributed by atoms with Crippen LogP contribution in [0.2, 0.25) is 5.02 Å². The minimum Gasteiger partial charge on any atom is -0.469 e. The van der Waals surface area contributed by atoms with Gasteiger partial charge < -0.3 is 19.7 Å². The molecule has 234 valence electrons. The van der Waals surface area contributed by atoms with E-state index in [4.69, 9.17) is 21.1 Å². The lowest BCUT2D eigenvalue weighted by atomic mass is 9.82. The number of fused-ring (bicyclic) bond motifs is 6. The zero-order valence-electron chi connectivity index (χ0n) is 24.8. The van der Waals surface area contributed by atoms with Gasteiger partial charge in [-0.2, -0.15) is 0 Å². The van der Waals surface area contributed by atoms with E-state index in [1.807, 2.05) is 0 Å². The van der Waals surface area contributed by atoms with E-state index in [-0.39, 0.29) is 31.2 Å². The minimum atomic E-state index is -1.06. The molecular weight excluding hydrogens is 601 g/mol. The van der Waals surface area contributed by atoms with Gasteiger partial charge in [-0.3, -0.25) is 19.7 Å². The number of benzene rings is 3. The molecule has 3 aliphatic heterocycles. The van der Waals surface area contributed by atoms with Gasteiger partial charge in [-0.25, -0.2) is 9.18 Å². The lowest BCUT2D eigenvalue weighted by molar-refractivity contribution is -0.141. The van der Waals surface area contributed by atoms with Gasteiger partial charge in [0.05, 0.1) is 31.7 Å². The van der Waals surface area contributed by atoms with Crippen molar-refractivity contribution in [1.29, 1.82) is 0 Å². The van der Waals surface area contributed by atoms with Crippen LogP contribution in [-0.4, -0.2) is 49.0 Å². The van der Waals surface area contributed by atoms with Crippen molar-refractivity contribution >= 4 is 46.9 Å². The second-order valence-electron chi connectivity index (χ2n) is 11.8. The zero-order chi connectivity index (χ0) is 31.7. The number of carbonyl (C=O) groups excluding carboxylic acids is 4. The Balaban J connectivity index is 1.36. The van der Waals surface area contributed by atoms with E-state index in [1.165, 1.54) is 19.2 Å². The normalized spacial score (nSPS) is 21.2. The number of nitrogens with one attached hydrogen (secondary N) is 2. The van der Waals surface area contributed by atoms with E-state index in [0.717, 1.165) is 0 Å². The third kappa shape index (κ3) is 6.38. The molecule has 3 amide bonds. The van der Waals surface area contributed by atoms with Crippen LogP contribution in [0.4, 0.5) is 20.6 Å². The molecule has 2 bridgehead atoms. The average molecular weight is 634 g/mol. The molecule has 11 heteroatoms. The van der Waals surface area contributed by atoms with Gasteiger partial charge in [-0.05, 0) is 78.8 Å². The molecule has 1 saturated heterocycles. The summed E-state index contributed by atoms with van der Waals surface area (Å²) in [7, 11) is 1.31. The highest BCUT2D eigenvalue weighted by Crippen LogP contribution is 2.44. The molecule has 2 N–H and O–H groups in total. The molecule has 0 aromatic heterocycles. The van der Waals surface area contributed by atoms with Crippen molar-refractivity contribution in [2.24, 2.45) is 0 Å². The van der Waals surface area contributed by atoms with E-state index in [9.17, 15) is 19.2 Å². The second-order valence-corrected chi connectivity index (χ2v) is 12.3. The standard InChI is InChI=1S/C34H33ClFN3O6/c1-44-31(41)14-20-7-9-25-21-15-22(17-24(36)16-21)26(5-2-3-6-30(40)37-29(25)13-20)32(42)39-12-4-11-34(19-39)27-18-23(35)8-10-28(27)38-33(43)45-34/h7-10,13,15-18,26H,2-6,11-12,14,19H2,1H3,(H,37,40)(H,38,43)/t26?,34-/m0/s1. The van der Waals surface area contributed by atoms with Gasteiger partial charge in [0.1, 0.15) is 5.82 Å². The number of carbonyl (C=O) groups is 4. The number of methoxy groups -OCH3 is 1. The average Bonchev–Trinajstić information content (AvgIpc) is 3.00. The molecule has 3 aliphatic rings. The Morgan fingerprint density at radius 3 is 2.71 bits per heavy atom. The van der Waals surface area contributed by atoms with Crippen LogP contribution in [0, 0.1) is 5.82 Å². The predicted molar refractivity (Wildman–Crippen MR) is 166 cm³/mol. The molecule has 3 aromatic carbocycles. The van der Waals surface area contributed by atoms with Crippen LogP contribution < -0.4 is 10.6 Å². The van der Waals surface area contributed by atoms with Crippen molar-refractivity contribution in [2.75, 3.05) is 30.8 Å². The van der Waals surface area contributed by atoms with Crippen LogP contribution in [0.5, 0.6) is 0 Å². The highest BCUT2D eigenvalue weighted by molar-refractivity contribution is 6.30. The number of ether oxygens (including phenoxy) is 2. The van der Waals surface area contributed by atoms with E-state index in [2.05, 4.69) is 10.6 Å². The van der Waals surface area contributed by atoms with Crippen molar-refractivity contribution in [3.05, 3.63) is 82.1 Å². The molecular formula is C34H33ClFN3O6. The van der Waals surface area contributed by atoms with Crippen molar-refractivity contribution in [3.8, 4) is 11.1 Å². The summed E-state index contributed by atoms with van der Waals surface area (Å²) in [6, 6.07) is 14.9. The van der Waals surface area contributed by atoms with Crippen LogP contribution in [0.15, 0.2) is 54.6 Å². The van der Waals surface area contributed by atoms with Crippen molar-refractivity contribution in [2.45, 2.75) is 56.5 Å². The van der Waals surface area contributed by atoms with Gasteiger partial charge in [0, 0.05) is 34.8 Å². The first kappa shape index (κ1) is 30.6. The molecule has 0 saturated carbocycles. The summed E-state index contributed by atoms with van der Waals surface area (Å²) in [5.74, 6) is -2.03. The molecule has 1 unspecified atom stereocenters. The van der Waals surface area contributed by atoms with Crippen molar-refractivity contribution < 1.29 is 33.0 Å². The maximum absolute atomic E-state index is 15.3. The molecule has 9 nitrogen and oxygen atoms in total. The van der Waals surface area contributed by atoms with Gasteiger partial charge in [0.25, 0.3) is 0 Å². The van der Waals surface area contributed by atoms with Gasteiger partial charge in [-0.15, -0.1) is 0 Å². The largest absolute Gasteiger partial charge is 0.469 e. The lowest BCUT2D eigenvalue weighted by Gasteiger charge is -2.45. The van der Waals surface area contributed by atoms with Gasteiger partial charge >= 0.3 is 12.1 Å². The molecule has 45 heavy (non-hydrogen) atoms. The highest BCUT2D eigenvalue weighted by Gasteiger charge is 2.47. The van der Waals surface area contributed by atoms with Crippen LogP contribution in [0.1, 0.15) is 61.1 Å². The summed E-state index contributed by atoms with van der Waals surface area (Å²) in [5, 5.41) is 6.14. The summed E-state index contributed by atoms with van der Waals surface area (Å²) < 4.78 is 26.0. The third-order valence-corrected chi connectivity index (χ3v) is 9.01. The summed E-state index contributed by atoms with van der Waals surface area (Å²) in [5.41, 5.74) is 2.92. The van der Waals surface area contributed by atoms with E-state index >= 15 is 4.39 Å². The van der Waals surface area contributed by atoms with E-state index in [0.29, 0.717) is 82.9 Å². The fourth-order valence-electron chi connectivity index (χ4n) is 6.65. The number of anilines is 2. The second kappa shape index (κ2) is 12.5. The Morgan fingerprint density at radius 1 is 1.04 bits per heavy atom. The van der Waals surface area contributed by atoms with Crippen LogP contribution >= 0.6 is 11.6 Å². The number of hydrogen-bond donors (Lipinski definition) is 2. The first-order chi connectivity index (χ1) is 21.6. The third-order valence-electron chi connectivity index (χ3n) is 8.78. The first-order valence-corrected chi connectivity index (χ1v) is 15.4. The van der Waals surface area contributed by atoms with Crippen LogP contribution in [0.25, 0.3) is 11.1 Å².